The Balaban J connectivity index is 2.20. The van der Waals surface area contributed by atoms with Crippen molar-refractivity contribution in [1.82, 2.24) is 9.62 Å². The summed E-state index contributed by atoms with van der Waals surface area (Å²) in [6.45, 7) is 7.65. The number of nitrogens with one attached hydrogen (secondary N) is 2. The summed E-state index contributed by atoms with van der Waals surface area (Å²) in [5.41, 5.74) is 7.11. The number of nitrogen functional groups attached to an aromatic ring is 1. The van der Waals surface area contributed by atoms with Crippen LogP contribution in [0.25, 0.3) is 0 Å². The van der Waals surface area contributed by atoms with Crippen LogP contribution in [-0.2, 0) is 14.8 Å². The van der Waals surface area contributed by atoms with Crippen molar-refractivity contribution in [2.24, 2.45) is 0 Å². The molecule has 0 aliphatic rings. The second kappa shape index (κ2) is 11.8. The molecule has 2 aromatic carbocycles. The topological polar surface area (TPSA) is 114 Å². The average Bonchev–Trinajstić information content (AvgIpc) is 2.70. The van der Waals surface area contributed by atoms with E-state index in [1.165, 1.54) is 17.0 Å². The van der Waals surface area contributed by atoms with Gasteiger partial charge in [0, 0.05) is 16.7 Å². The Bertz CT molecular complexity index is 1050. The summed E-state index contributed by atoms with van der Waals surface area (Å²) in [5.74, 6) is 0.816. The fourth-order valence-electron chi connectivity index (χ4n) is 3.13. The molecule has 1 unspecified atom stereocenters. The van der Waals surface area contributed by atoms with Gasteiger partial charge in [-0.1, -0.05) is 18.2 Å². The van der Waals surface area contributed by atoms with E-state index < -0.39 is 21.7 Å². The van der Waals surface area contributed by atoms with Crippen LogP contribution in [0.5, 0.6) is 0 Å². The molecule has 2 rings (SSSR count). The Morgan fingerprint density at radius 1 is 1.18 bits per heavy atom. The largest absolute Gasteiger partial charge is 0.443 e. The number of amides is 1. The summed E-state index contributed by atoms with van der Waals surface area (Å²) in [6, 6.07) is 13.1. The zero-order valence-electron chi connectivity index (χ0n) is 20.7. The molecule has 0 saturated heterocycles. The lowest BCUT2D eigenvalue weighted by atomic mass is 10.1. The molecule has 8 nitrogen and oxygen atoms in total. The number of rotatable bonds is 10. The zero-order valence-corrected chi connectivity index (χ0v) is 22.3. The van der Waals surface area contributed by atoms with E-state index in [-0.39, 0.29) is 10.9 Å². The third-order valence-corrected chi connectivity index (χ3v) is 7.20. The number of benzene rings is 2. The second-order valence-electron chi connectivity index (χ2n) is 9.37. The Morgan fingerprint density at radius 2 is 1.82 bits per heavy atom. The van der Waals surface area contributed by atoms with E-state index in [4.69, 9.17) is 10.5 Å². The maximum atomic E-state index is 12.7. The molecule has 0 radical (unpaired) electrons. The van der Waals surface area contributed by atoms with E-state index >= 15 is 0 Å². The van der Waals surface area contributed by atoms with Gasteiger partial charge in [0.1, 0.15) is 5.60 Å². The number of thioether (sulfide) groups is 1. The molecular weight excluding hydrogens is 472 g/mol. The van der Waals surface area contributed by atoms with Gasteiger partial charge >= 0.3 is 6.09 Å². The number of carbonyl (C=O) groups excluding carboxylic acids is 1. The summed E-state index contributed by atoms with van der Waals surface area (Å²) in [6.07, 6.45) is -0.154. The summed E-state index contributed by atoms with van der Waals surface area (Å²) < 4.78 is 32.4. The molecular formula is C24H36N4O4S2. The monoisotopic (exact) mass is 508 g/mol. The number of hydrogen-bond acceptors (Lipinski definition) is 8. The van der Waals surface area contributed by atoms with Gasteiger partial charge in [0.25, 0.3) is 10.0 Å². The van der Waals surface area contributed by atoms with Crippen LogP contribution in [0.1, 0.15) is 32.8 Å². The van der Waals surface area contributed by atoms with Crippen LogP contribution in [0.3, 0.4) is 0 Å². The highest BCUT2D eigenvalue weighted by molar-refractivity contribution is 7.99. The highest BCUT2D eigenvalue weighted by Gasteiger charge is 2.24. The molecule has 0 saturated carbocycles. The lowest BCUT2D eigenvalue weighted by Crippen LogP contribution is -2.36. The Hall–Kier alpha value is -2.43. The molecule has 4 N–H and O–H groups in total. The van der Waals surface area contributed by atoms with Gasteiger partial charge in [0.15, 0.2) is 0 Å². The minimum absolute atomic E-state index is 0.0950. The maximum absolute atomic E-state index is 12.7. The number of anilines is 2. The number of nitrogens with zero attached hydrogens (tertiary/aromatic N) is 1. The van der Waals surface area contributed by atoms with E-state index in [1.54, 1.807) is 39.5 Å². The molecule has 1 amide bonds. The van der Waals surface area contributed by atoms with Crippen molar-refractivity contribution in [3.8, 4) is 0 Å². The first-order valence-corrected chi connectivity index (χ1v) is 13.5. The fourth-order valence-corrected chi connectivity index (χ4v) is 5.12. The quantitative estimate of drug-likeness (QED) is 0.321. The van der Waals surface area contributed by atoms with Crippen LogP contribution >= 0.6 is 11.8 Å². The lowest BCUT2D eigenvalue weighted by molar-refractivity contribution is 0.0570. The van der Waals surface area contributed by atoms with Gasteiger partial charge in [0.05, 0.1) is 16.3 Å². The summed E-state index contributed by atoms with van der Waals surface area (Å²) in [4.78, 5) is 15.2. The minimum Gasteiger partial charge on any atom is -0.443 e. The van der Waals surface area contributed by atoms with E-state index in [9.17, 15) is 13.2 Å². The highest BCUT2D eigenvalue weighted by atomic mass is 32.2. The third-order valence-electron chi connectivity index (χ3n) is 4.73. The molecule has 0 aromatic heterocycles. The van der Waals surface area contributed by atoms with E-state index in [0.29, 0.717) is 16.9 Å². The van der Waals surface area contributed by atoms with Crippen molar-refractivity contribution >= 4 is 39.3 Å². The first-order chi connectivity index (χ1) is 15.8. The van der Waals surface area contributed by atoms with E-state index in [2.05, 4.69) is 22.3 Å². The van der Waals surface area contributed by atoms with Gasteiger partial charge in [-0.15, -0.1) is 11.8 Å². The molecule has 188 valence electrons. The predicted molar refractivity (Wildman–Crippen MR) is 140 cm³/mol. The predicted octanol–water partition coefficient (Wildman–Crippen LogP) is 4.32. The fraction of sp³-hybridized carbons (Fsp3) is 0.458. The van der Waals surface area contributed by atoms with Crippen molar-refractivity contribution < 1.29 is 17.9 Å². The molecule has 0 heterocycles. The van der Waals surface area contributed by atoms with Gasteiger partial charge in [-0.3, -0.25) is 0 Å². The summed E-state index contributed by atoms with van der Waals surface area (Å²) in [5, 5.41) is 3.51. The van der Waals surface area contributed by atoms with Crippen LogP contribution in [0.15, 0.2) is 52.3 Å². The number of aryl methyl sites for hydroxylation is 1. The van der Waals surface area contributed by atoms with Crippen molar-refractivity contribution in [3.05, 3.63) is 48.0 Å². The molecule has 1 atom stereocenters. The number of ether oxygens (including phenoxy) is 1. The molecule has 0 spiro atoms. The molecule has 0 aliphatic carbocycles. The zero-order chi connectivity index (χ0) is 25.5. The Kier molecular flexibility index (Phi) is 9.66. The molecule has 0 fully saturated rings. The van der Waals surface area contributed by atoms with Crippen molar-refractivity contribution in [3.63, 3.8) is 0 Å². The number of nitrogens with two attached hydrogens (primary N) is 1. The minimum atomic E-state index is -4.13. The number of hydrogen-bond donors (Lipinski definition) is 3. The standard InChI is InChI=1S/C24H36N4O4S2/c1-17-14-20(34(30,31)27-23(29)32-24(2,3)4)15-21(25)22(17)26-18(12-13-28(5)6)16-33-19-10-8-7-9-11-19/h7-11,14-15,18,26H,12-13,16,25H2,1-6H3,(H,27,29). The first-order valence-electron chi connectivity index (χ1n) is 11.0. The molecule has 0 bridgehead atoms. The lowest BCUT2D eigenvalue weighted by Gasteiger charge is -2.24. The smallest absolute Gasteiger partial charge is 0.421 e. The van der Waals surface area contributed by atoms with Gasteiger partial charge in [-0.25, -0.2) is 17.9 Å². The SMILES string of the molecule is Cc1cc(S(=O)(=O)NC(=O)OC(C)(C)C)cc(N)c1NC(CCN(C)C)CSc1ccccc1. The average molecular weight is 509 g/mol. The third kappa shape index (κ3) is 9.08. The summed E-state index contributed by atoms with van der Waals surface area (Å²) >= 11 is 1.75. The van der Waals surface area contributed by atoms with Crippen LogP contribution in [-0.4, -0.2) is 57.4 Å². The van der Waals surface area contributed by atoms with E-state index in [0.717, 1.165) is 18.7 Å². The Labute approximate surface area is 207 Å². The second-order valence-corrected chi connectivity index (χ2v) is 12.1. The van der Waals surface area contributed by atoms with Crippen LogP contribution in [0, 0.1) is 6.92 Å². The van der Waals surface area contributed by atoms with Crippen LogP contribution in [0.4, 0.5) is 16.2 Å². The number of sulfonamides is 1. The molecule has 0 aliphatic heterocycles. The summed E-state index contributed by atoms with van der Waals surface area (Å²) in [7, 11) is -0.0807. The molecule has 34 heavy (non-hydrogen) atoms. The van der Waals surface area contributed by atoms with Gasteiger partial charge in [-0.05, 0) is 84.6 Å². The maximum Gasteiger partial charge on any atom is 0.421 e. The first kappa shape index (κ1) is 27.8. The van der Waals surface area contributed by atoms with Gasteiger partial charge < -0.3 is 20.7 Å². The molecule has 2 aromatic rings. The van der Waals surface area contributed by atoms with E-state index in [1.807, 2.05) is 37.0 Å². The van der Waals surface area contributed by atoms with Crippen LogP contribution in [0.2, 0.25) is 0 Å². The normalized spacial score (nSPS) is 12.9. The highest BCUT2D eigenvalue weighted by Crippen LogP contribution is 2.30. The number of carbonyl (C=O) groups is 1. The molecule has 10 heteroatoms. The van der Waals surface area contributed by atoms with Crippen LogP contribution < -0.4 is 15.8 Å². The Morgan fingerprint density at radius 3 is 2.38 bits per heavy atom. The van der Waals surface area contributed by atoms with Crippen molar-refractivity contribution in [2.45, 2.75) is 55.5 Å². The van der Waals surface area contributed by atoms with Crippen molar-refractivity contribution in [2.75, 3.05) is 37.4 Å². The van der Waals surface area contributed by atoms with Gasteiger partial charge in [0.2, 0.25) is 0 Å². The van der Waals surface area contributed by atoms with Crippen molar-refractivity contribution in [1.29, 1.82) is 0 Å². The van der Waals surface area contributed by atoms with Gasteiger partial charge in [-0.2, -0.15) is 0 Å².